The minimum absolute atomic E-state index is 0.0352. The van der Waals surface area contributed by atoms with Gasteiger partial charge in [-0.15, -0.1) is 5.10 Å². The third-order valence-electron chi connectivity index (χ3n) is 3.92. The molecule has 0 saturated heterocycles. The van der Waals surface area contributed by atoms with E-state index in [1.165, 1.54) is 4.68 Å². The molecule has 0 fully saturated rings. The monoisotopic (exact) mass is 395 g/mol. The molecule has 0 amide bonds. The number of nitrogens with zero attached hydrogens (tertiary/aromatic N) is 3. The minimum atomic E-state index is -0.830. The fraction of sp³-hybridized carbons (Fsp3) is 0.353. The van der Waals surface area contributed by atoms with Crippen molar-refractivity contribution >= 4 is 28.6 Å². The van der Waals surface area contributed by atoms with E-state index in [0.717, 1.165) is 11.1 Å². The highest BCUT2D eigenvalue weighted by Gasteiger charge is 2.16. The molecule has 8 nitrogen and oxygen atoms in total. The number of aromatic amines is 1. The molecule has 0 radical (unpaired) electrons. The quantitative estimate of drug-likeness (QED) is 0.503. The number of aliphatic hydroxyl groups excluding tert-OH is 1. The highest BCUT2D eigenvalue weighted by atomic mass is 35.5. The summed E-state index contributed by atoms with van der Waals surface area (Å²) in [6, 6.07) is 5.55. The number of aromatic nitrogens is 4. The lowest BCUT2D eigenvalue weighted by Crippen LogP contribution is -2.17. The summed E-state index contributed by atoms with van der Waals surface area (Å²) in [5.74, 6) is -0.682. The number of rotatable bonds is 8. The zero-order chi connectivity index (χ0) is 19.4. The predicted molar refractivity (Wildman–Crippen MR) is 99.5 cm³/mol. The number of fused-ring (bicyclic) bond motifs is 1. The van der Waals surface area contributed by atoms with Gasteiger partial charge in [-0.3, -0.25) is 14.5 Å². The molecule has 0 bridgehead atoms. The second-order valence-corrected chi connectivity index (χ2v) is 6.31. The number of benzene rings is 1. The number of hydrogen-bond donors (Lipinski definition) is 3. The summed E-state index contributed by atoms with van der Waals surface area (Å²) in [5, 5.41) is 16.0. The van der Waals surface area contributed by atoms with Gasteiger partial charge in [0.25, 0.3) is 11.5 Å². The number of hydrogen-bond acceptors (Lipinski definition) is 6. The molecule has 144 valence electrons. The van der Waals surface area contributed by atoms with Crippen molar-refractivity contribution in [3.63, 3.8) is 0 Å². The summed E-state index contributed by atoms with van der Waals surface area (Å²) in [7, 11) is 0. The van der Waals surface area contributed by atoms with E-state index in [-0.39, 0.29) is 43.3 Å². The van der Waals surface area contributed by atoms with Gasteiger partial charge < -0.3 is 15.2 Å². The Kier molecular flexibility index (Phi) is 6.04. The van der Waals surface area contributed by atoms with Crippen LogP contribution in [0.25, 0.3) is 11.0 Å². The molecule has 2 heterocycles. The first-order valence-corrected chi connectivity index (χ1v) is 8.71. The van der Waals surface area contributed by atoms with Crippen LogP contribution in [-0.4, -0.2) is 44.7 Å². The van der Waals surface area contributed by atoms with E-state index < -0.39 is 11.5 Å². The fourth-order valence-corrected chi connectivity index (χ4v) is 2.74. The van der Waals surface area contributed by atoms with Gasteiger partial charge in [0.2, 0.25) is 5.95 Å². The number of aryl methyl sites for hydroxylation is 1. The number of aliphatic hydroxyl groups is 1. The Morgan fingerprint density at radius 3 is 2.96 bits per heavy atom. The maximum atomic E-state index is 14.1. The first-order chi connectivity index (χ1) is 13.0. The Morgan fingerprint density at radius 2 is 2.22 bits per heavy atom. The second-order valence-electron chi connectivity index (χ2n) is 5.90. The van der Waals surface area contributed by atoms with Crippen molar-refractivity contribution in [2.75, 3.05) is 25.1 Å². The number of nitrogens with one attached hydrogen (secondary N) is 2. The van der Waals surface area contributed by atoms with Crippen LogP contribution < -0.4 is 10.9 Å². The Morgan fingerprint density at radius 1 is 1.41 bits per heavy atom. The Bertz CT molecular complexity index is 1000. The van der Waals surface area contributed by atoms with Gasteiger partial charge in [-0.25, -0.2) is 4.98 Å². The van der Waals surface area contributed by atoms with E-state index in [1.807, 2.05) is 19.1 Å². The predicted octanol–water partition coefficient (Wildman–Crippen LogP) is 1.84. The van der Waals surface area contributed by atoms with Crippen LogP contribution in [0.4, 0.5) is 10.3 Å². The van der Waals surface area contributed by atoms with Crippen molar-refractivity contribution in [2.45, 2.75) is 20.0 Å². The summed E-state index contributed by atoms with van der Waals surface area (Å²) in [6.07, 6.45) is 0. The SMILES string of the molecule is Cc1cc(CNc2nc3c(F)nn(CCOCCO)c3c(=O)[nH]2)ccc1Cl. The van der Waals surface area contributed by atoms with Gasteiger partial charge in [0, 0.05) is 11.6 Å². The Labute approximate surface area is 158 Å². The van der Waals surface area contributed by atoms with E-state index in [0.29, 0.717) is 11.6 Å². The molecule has 3 rings (SSSR count). The molecule has 0 saturated carbocycles. The lowest BCUT2D eigenvalue weighted by atomic mass is 10.1. The number of H-pyrrole nitrogens is 1. The molecular formula is C17H19ClFN5O3. The number of ether oxygens (including phenoxy) is 1. The Balaban J connectivity index is 1.78. The van der Waals surface area contributed by atoms with Crippen molar-refractivity contribution in [1.82, 2.24) is 19.7 Å². The second kappa shape index (κ2) is 8.47. The summed E-state index contributed by atoms with van der Waals surface area (Å²) in [5.41, 5.74) is 1.29. The van der Waals surface area contributed by atoms with Crippen molar-refractivity contribution in [3.8, 4) is 0 Å². The number of anilines is 1. The van der Waals surface area contributed by atoms with Crippen LogP contribution in [0.15, 0.2) is 23.0 Å². The van der Waals surface area contributed by atoms with Crippen LogP contribution in [-0.2, 0) is 17.8 Å². The molecule has 0 aliphatic rings. The van der Waals surface area contributed by atoms with Gasteiger partial charge in [-0.05, 0) is 24.1 Å². The van der Waals surface area contributed by atoms with Gasteiger partial charge in [-0.1, -0.05) is 23.7 Å². The standard InChI is InChI=1S/C17H19ClFN5O3/c1-10-8-11(2-3-12(10)18)9-20-17-21-13-14(16(26)22-17)24(23-15(13)19)4-6-27-7-5-25/h2-3,8,25H,4-7,9H2,1H3,(H2,20,21,22,26). The van der Waals surface area contributed by atoms with Gasteiger partial charge in [0.05, 0.1) is 26.4 Å². The van der Waals surface area contributed by atoms with Gasteiger partial charge in [0.1, 0.15) is 0 Å². The van der Waals surface area contributed by atoms with Gasteiger partial charge in [-0.2, -0.15) is 4.39 Å². The molecule has 3 aromatic rings. The highest BCUT2D eigenvalue weighted by Crippen LogP contribution is 2.17. The molecule has 10 heteroatoms. The molecule has 0 atom stereocenters. The van der Waals surface area contributed by atoms with Crippen molar-refractivity contribution < 1.29 is 14.2 Å². The van der Waals surface area contributed by atoms with Gasteiger partial charge in [0.15, 0.2) is 11.0 Å². The highest BCUT2D eigenvalue weighted by molar-refractivity contribution is 6.31. The summed E-state index contributed by atoms with van der Waals surface area (Å²) >= 11 is 6.00. The van der Waals surface area contributed by atoms with E-state index in [4.69, 9.17) is 21.4 Å². The van der Waals surface area contributed by atoms with E-state index in [2.05, 4.69) is 20.4 Å². The average molecular weight is 396 g/mol. The molecule has 0 spiro atoms. The molecule has 2 aromatic heterocycles. The van der Waals surface area contributed by atoms with E-state index in [9.17, 15) is 9.18 Å². The molecular weight excluding hydrogens is 377 g/mol. The zero-order valence-corrected chi connectivity index (χ0v) is 15.4. The smallest absolute Gasteiger partial charge is 0.278 e. The maximum absolute atomic E-state index is 14.1. The zero-order valence-electron chi connectivity index (χ0n) is 14.6. The third-order valence-corrected chi connectivity index (χ3v) is 4.35. The van der Waals surface area contributed by atoms with Crippen LogP contribution in [0, 0.1) is 12.9 Å². The van der Waals surface area contributed by atoms with Crippen LogP contribution in [0.1, 0.15) is 11.1 Å². The van der Waals surface area contributed by atoms with E-state index in [1.54, 1.807) is 6.07 Å². The van der Waals surface area contributed by atoms with Crippen LogP contribution in [0.3, 0.4) is 0 Å². The van der Waals surface area contributed by atoms with Crippen LogP contribution >= 0.6 is 11.6 Å². The lowest BCUT2D eigenvalue weighted by Gasteiger charge is -2.08. The van der Waals surface area contributed by atoms with Crippen molar-refractivity contribution in [1.29, 1.82) is 0 Å². The summed E-state index contributed by atoms with van der Waals surface area (Å²) in [6.45, 7) is 2.68. The number of halogens is 2. The molecule has 3 N–H and O–H groups in total. The first kappa shape index (κ1) is 19.3. The van der Waals surface area contributed by atoms with Crippen molar-refractivity contribution in [2.24, 2.45) is 0 Å². The topological polar surface area (TPSA) is 105 Å². The van der Waals surface area contributed by atoms with Crippen LogP contribution in [0.2, 0.25) is 5.02 Å². The average Bonchev–Trinajstić information content (AvgIpc) is 2.96. The normalized spacial score (nSPS) is 11.3. The van der Waals surface area contributed by atoms with Crippen LogP contribution in [0.5, 0.6) is 0 Å². The third kappa shape index (κ3) is 4.44. The fourth-order valence-electron chi connectivity index (χ4n) is 2.62. The lowest BCUT2D eigenvalue weighted by molar-refractivity contribution is 0.0857. The maximum Gasteiger partial charge on any atom is 0.278 e. The molecule has 0 aliphatic carbocycles. The summed E-state index contributed by atoms with van der Waals surface area (Å²) in [4.78, 5) is 19.1. The minimum Gasteiger partial charge on any atom is -0.394 e. The first-order valence-electron chi connectivity index (χ1n) is 8.33. The molecule has 0 unspecified atom stereocenters. The Hall–Kier alpha value is -2.49. The van der Waals surface area contributed by atoms with Gasteiger partial charge >= 0.3 is 0 Å². The van der Waals surface area contributed by atoms with Crippen molar-refractivity contribution in [3.05, 3.63) is 50.7 Å². The van der Waals surface area contributed by atoms with E-state index >= 15 is 0 Å². The summed E-state index contributed by atoms with van der Waals surface area (Å²) < 4.78 is 20.5. The molecule has 1 aromatic carbocycles. The largest absolute Gasteiger partial charge is 0.394 e. The molecule has 0 aliphatic heterocycles. The molecule has 27 heavy (non-hydrogen) atoms.